The number of halogens is 4. The Labute approximate surface area is 208 Å². The number of aromatic nitrogens is 2. The lowest BCUT2D eigenvalue weighted by Crippen LogP contribution is -2.38. The number of urea groups is 1. The molecule has 0 bridgehead atoms. The number of rotatable bonds is 8. The maximum Gasteiger partial charge on any atom is 0.416 e. The summed E-state index contributed by atoms with van der Waals surface area (Å²) in [5.41, 5.74) is 1.97. The third-order valence-electron chi connectivity index (χ3n) is 5.35. The number of thiazole rings is 1. The molecule has 4 rings (SSSR count). The molecule has 0 radical (unpaired) electrons. The lowest BCUT2D eigenvalue weighted by molar-refractivity contribution is -0.137. The molecule has 0 saturated carbocycles. The molecule has 2 amide bonds. The number of imidazole rings is 1. The van der Waals surface area contributed by atoms with E-state index in [0.29, 0.717) is 24.6 Å². The smallest absolute Gasteiger partial charge is 0.383 e. The van der Waals surface area contributed by atoms with Gasteiger partial charge >= 0.3 is 12.2 Å². The van der Waals surface area contributed by atoms with Gasteiger partial charge in [-0.3, -0.25) is 4.40 Å². The topological polar surface area (TPSA) is 58.9 Å². The minimum absolute atomic E-state index is 0.0763. The number of hydrogen-bond donors (Lipinski definition) is 1. The largest absolute Gasteiger partial charge is 0.416 e. The quantitative estimate of drug-likeness (QED) is 0.289. The van der Waals surface area contributed by atoms with Crippen LogP contribution in [0.15, 0.2) is 60.1 Å². The number of hydrogen-bond acceptors (Lipinski definition) is 4. The Balaban J connectivity index is 1.47. The summed E-state index contributed by atoms with van der Waals surface area (Å²) in [6.07, 6.45) is -2.03. The van der Waals surface area contributed by atoms with E-state index in [-0.39, 0.29) is 12.2 Å². The van der Waals surface area contributed by atoms with Gasteiger partial charge in [0.2, 0.25) is 0 Å². The molecule has 2 aromatic heterocycles. The Hall–Kier alpha value is -3.08. The number of nitrogens with one attached hydrogen (secondary N) is 1. The van der Waals surface area contributed by atoms with Crippen LogP contribution in [0.25, 0.3) is 16.2 Å². The number of methoxy groups -OCH3 is 1. The fourth-order valence-corrected chi connectivity index (χ4v) is 4.54. The zero-order valence-electron chi connectivity index (χ0n) is 18.7. The van der Waals surface area contributed by atoms with Gasteiger partial charge in [0, 0.05) is 60.2 Å². The van der Waals surface area contributed by atoms with Gasteiger partial charge in [0.05, 0.1) is 17.9 Å². The zero-order valence-corrected chi connectivity index (χ0v) is 20.3. The summed E-state index contributed by atoms with van der Waals surface area (Å²) in [6.45, 7) is 0.920. The summed E-state index contributed by atoms with van der Waals surface area (Å²) in [5.74, 6) is 0. The Kier molecular flexibility index (Phi) is 7.63. The first-order chi connectivity index (χ1) is 16.7. The van der Waals surface area contributed by atoms with E-state index >= 15 is 0 Å². The number of carbonyl (C=O) groups is 1. The molecule has 0 fully saturated rings. The molecule has 0 aliphatic rings. The first-order valence-corrected chi connectivity index (χ1v) is 11.9. The zero-order chi connectivity index (χ0) is 25.0. The van der Waals surface area contributed by atoms with E-state index < -0.39 is 17.8 Å². The third-order valence-corrected chi connectivity index (χ3v) is 6.50. The van der Waals surface area contributed by atoms with Crippen LogP contribution in [0.3, 0.4) is 0 Å². The molecule has 2 heterocycles. The molecule has 0 atom stereocenters. The molecule has 0 saturated heterocycles. The standard InChI is InChI=1S/C24H22ClF3N4O2S/c1-34-12-11-31(22(33)29-19-4-2-3-17(13-19)24(26,27)28)10-9-20-15-35-23-30-21(14-32(20)23)16-5-7-18(25)8-6-16/h2-8,13-15H,9-12H2,1H3,(H,29,33). The number of amides is 2. The van der Waals surface area contributed by atoms with E-state index in [9.17, 15) is 18.0 Å². The molecule has 4 aromatic rings. The maximum absolute atomic E-state index is 13.0. The summed E-state index contributed by atoms with van der Waals surface area (Å²) in [7, 11) is 1.52. The first-order valence-electron chi connectivity index (χ1n) is 10.7. The molecule has 2 aromatic carbocycles. The molecule has 6 nitrogen and oxygen atoms in total. The molecule has 0 spiro atoms. The fourth-order valence-electron chi connectivity index (χ4n) is 3.51. The van der Waals surface area contributed by atoms with Crippen LogP contribution in [-0.2, 0) is 17.3 Å². The summed E-state index contributed by atoms with van der Waals surface area (Å²) in [6, 6.07) is 11.5. The molecule has 0 aliphatic heterocycles. The lowest BCUT2D eigenvalue weighted by Gasteiger charge is -2.23. The molecule has 35 heavy (non-hydrogen) atoms. The van der Waals surface area contributed by atoms with Crippen molar-refractivity contribution >= 4 is 39.6 Å². The second kappa shape index (κ2) is 10.7. The van der Waals surface area contributed by atoms with Crippen LogP contribution in [0.1, 0.15) is 11.3 Å². The van der Waals surface area contributed by atoms with Crippen molar-refractivity contribution in [1.29, 1.82) is 0 Å². The van der Waals surface area contributed by atoms with Gasteiger partial charge in [-0.25, -0.2) is 9.78 Å². The van der Waals surface area contributed by atoms with Gasteiger partial charge < -0.3 is 15.0 Å². The fraction of sp³-hybridized carbons (Fsp3) is 0.250. The van der Waals surface area contributed by atoms with Crippen molar-refractivity contribution in [1.82, 2.24) is 14.3 Å². The van der Waals surface area contributed by atoms with E-state index in [1.165, 1.54) is 35.5 Å². The van der Waals surface area contributed by atoms with Crippen LogP contribution in [0.5, 0.6) is 0 Å². The Morgan fingerprint density at radius 2 is 1.97 bits per heavy atom. The normalized spacial score (nSPS) is 11.7. The van der Waals surface area contributed by atoms with Crippen molar-refractivity contribution < 1.29 is 22.7 Å². The molecular weight excluding hydrogens is 501 g/mol. The summed E-state index contributed by atoms with van der Waals surface area (Å²) in [5, 5.41) is 5.19. The number of alkyl halides is 3. The number of nitrogens with zero attached hydrogens (tertiary/aromatic N) is 3. The van der Waals surface area contributed by atoms with E-state index in [4.69, 9.17) is 16.3 Å². The van der Waals surface area contributed by atoms with Crippen LogP contribution in [-0.4, -0.2) is 47.1 Å². The number of ether oxygens (including phenoxy) is 1. The van der Waals surface area contributed by atoms with Crippen LogP contribution < -0.4 is 5.32 Å². The molecular formula is C24H22ClF3N4O2S. The van der Waals surface area contributed by atoms with Gasteiger partial charge in [-0.2, -0.15) is 13.2 Å². The molecule has 11 heteroatoms. The third kappa shape index (κ3) is 6.14. The molecule has 184 valence electrons. The van der Waals surface area contributed by atoms with Crippen molar-refractivity contribution in [2.24, 2.45) is 0 Å². The Bertz CT molecular complexity index is 1300. The van der Waals surface area contributed by atoms with Crippen molar-refractivity contribution in [3.63, 3.8) is 0 Å². The average molecular weight is 523 g/mol. The monoisotopic (exact) mass is 522 g/mol. The predicted octanol–water partition coefficient (Wildman–Crippen LogP) is 6.46. The van der Waals surface area contributed by atoms with Gasteiger partial charge in [0.1, 0.15) is 0 Å². The highest BCUT2D eigenvalue weighted by molar-refractivity contribution is 7.15. The minimum Gasteiger partial charge on any atom is -0.383 e. The van der Waals surface area contributed by atoms with Crippen LogP contribution in [0, 0.1) is 0 Å². The second-order valence-corrected chi connectivity index (χ2v) is 9.02. The van der Waals surface area contributed by atoms with E-state index in [1.807, 2.05) is 40.2 Å². The van der Waals surface area contributed by atoms with Crippen molar-refractivity contribution in [3.05, 3.63) is 76.4 Å². The van der Waals surface area contributed by atoms with Gasteiger partial charge in [-0.05, 0) is 30.3 Å². The Morgan fingerprint density at radius 1 is 1.20 bits per heavy atom. The van der Waals surface area contributed by atoms with Gasteiger partial charge in [0.25, 0.3) is 0 Å². The van der Waals surface area contributed by atoms with Gasteiger partial charge in [-0.15, -0.1) is 11.3 Å². The lowest BCUT2D eigenvalue weighted by atomic mass is 10.2. The van der Waals surface area contributed by atoms with Crippen LogP contribution >= 0.6 is 22.9 Å². The number of carbonyl (C=O) groups excluding carboxylic acids is 1. The molecule has 0 unspecified atom stereocenters. The summed E-state index contributed by atoms with van der Waals surface area (Å²) in [4.78, 5) is 19.9. The SMILES string of the molecule is COCCN(CCc1csc2nc(-c3ccc(Cl)cc3)cn12)C(=O)Nc1cccc(C(F)(F)F)c1. The number of anilines is 1. The Morgan fingerprint density at radius 3 is 2.69 bits per heavy atom. The van der Waals surface area contributed by atoms with Crippen molar-refractivity contribution in [3.8, 4) is 11.3 Å². The highest BCUT2D eigenvalue weighted by Gasteiger charge is 2.30. The van der Waals surface area contributed by atoms with Gasteiger partial charge in [-0.1, -0.05) is 29.8 Å². The maximum atomic E-state index is 13.0. The van der Waals surface area contributed by atoms with Crippen molar-refractivity contribution in [2.45, 2.75) is 12.6 Å². The van der Waals surface area contributed by atoms with Crippen molar-refractivity contribution in [2.75, 3.05) is 32.1 Å². The molecule has 1 N–H and O–H groups in total. The molecule has 0 aliphatic carbocycles. The van der Waals surface area contributed by atoms with E-state index in [0.717, 1.165) is 34.0 Å². The number of benzene rings is 2. The van der Waals surface area contributed by atoms with E-state index in [2.05, 4.69) is 10.3 Å². The highest BCUT2D eigenvalue weighted by atomic mass is 35.5. The number of fused-ring (bicyclic) bond motifs is 1. The van der Waals surface area contributed by atoms with E-state index in [1.54, 1.807) is 0 Å². The summed E-state index contributed by atoms with van der Waals surface area (Å²) >= 11 is 7.47. The highest BCUT2D eigenvalue weighted by Crippen LogP contribution is 2.31. The minimum atomic E-state index is -4.49. The second-order valence-electron chi connectivity index (χ2n) is 7.75. The summed E-state index contributed by atoms with van der Waals surface area (Å²) < 4.78 is 46.1. The van der Waals surface area contributed by atoms with Gasteiger partial charge in [0.15, 0.2) is 4.96 Å². The van der Waals surface area contributed by atoms with Crippen LogP contribution in [0.4, 0.5) is 23.7 Å². The predicted molar refractivity (Wildman–Crippen MR) is 131 cm³/mol. The van der Waals surface area contributed by atoms with Crippen LogP contribution in [0.2, 0.25) is 5.02 Å². The first kappa shape index (κ1) is 25.0. The average Bonchev–Trinajstić information content (AvgIpc) is 3.41.